The van der Waals surface area contributed by atoms with E-state index in [2.05, 4.69) is 4.90 Å². The smallest absolute Gasteiger partial charge is 0.290 e. The summed E-state index contributed by atoms with van der Waals surface area (Å²) in [4.78, 5) is 31.5. The number of para-hydroxylation sites is 1. The van der Waals surface area contributed by atoms with Crippen molar-refractivity contribution >= 4 is 16.9 Å². The van der Waals surface area contributed by atoms with Gasteiger partial charge in [0.15, 0.2) is 16.9 Å². The summed E-state index contributed by atoms with van der Waals surface area (Å²) < 4.78 is 22.7. The van der Waals surface area contributed by atoms with Crippen LogP contribution in [0.15, 0.2) is 45.6 Å². The van der Waals surface area contributed by atoms with E-state index in [0.717, 1.165) is 44.8 Å². The highest BCUT2D eigenvalue weighted by Gasteiger charge is 2.44. The fraction of sp³-hybridized carbons (Fsp3) is 0.407. The van der Waals surface area contributed by atoms with Gasteiger partial charge in [-0.1, -0.05) is 23.8 Å². The number of fused-ring (bicyclic) bond motifs is 2. The van der Waals surface area contributed by atoms with Gasteiger partial charge in [0, 0.05) is 31.7 Å². The van der Waals surface area contributed by atoms with Gasteiger partial charge in [-0.25, -0.2) is 0 Å². The topological polar surface area (TPSA) is 81.5 Å². The number of benzene rings is 2. The van der Waals surface area contributed by atoms with Crippen molar-refractivity contribution in [3.05, 3.63) is 69.1 Å². The van der Waals surface area contributed by atoms with Crippen LogP contribution < -0.4 is 14.9 Å². The number of hydrogen-bond donors (Lipinski definition) is 0. The van der Waals surface area contributed by atoms with E-state index >= 15 is 0 Å². The number of carbonyl (C=O) groups is 1. The molecule has 1 atom stereocenters. The van der Waals surface area contributed by atoms with E-state index < -0.39 is 6.04 Å². The number of aryl methyl sites for hydroxylation is 1. The van der Waals surface area contributed by atoms with Gasteiger partial charge in [0.25, 0.3) is 5.91 Å². The lowest BCUT2D eigenvalue weighted by molar-refractivity contribution is 0.0353. The Morgan fingerprint density at radius 2 is 1.83 bits per heavy atom. The first kappa shape index (κ1) is 23.4. The Labute approximate surface area is 204 Å². The Morgan fingerprint density at radius 3 is 2.57 bits per heavy atom. The molecule has 0 unspecified atom stereocenters. The van der Waals surface area contributed by atoms with Crippen LogP contribution in [0.3, 0.4) is 0 Å². The number of hydrogen-bond acceptors (Lipinski definition) is 7. The van der Waals surface area contributed by atoms with Crippen LogP contribution in [0.4, 0.5) is 0 Å². The number of amides is 1. The van der Waals surface area contributed by atoms with Crippen LogP contribution in [0.2, 0.25) is 0 Å². The van der Waals surface area contributed by atoms with Crippen molar-refractivity contribution in [3.8, 4) is 11.5 Å². The summed E-state index contributed by atoms with van der Waals surface area (Å²) in [6.45, 7) is 6.45. The lowest BCUT2D eigenvalue weighted by Crippen LogP contribution is -2.39. The second kappa shape index (κ2) is 9.71. The van der Waals surface area contributed by atoms with Crippen LogP contribution in [0, 0.1) is 6.92 Å². The fourth-order valence-electron chi connectivity index (χ4n) is 5.10. The van der Waals surface area contributed by atoms with Gasteiger partial charge >= 0.3 is 0 Å². The van der Waals surface area contributed by atoms with Crippen molar-refractivity contribution in [2.24, 2.45) is 0 Å². The lowest BCUT2D eigenvalue weighted by Gasteiger charge is -2.29. The van der Waals surface area contributed by atoms with Crippen LogP contribution >= 0.6 is 0 Å². The molecular formula is C27H30N2O6. The van der Waals surface area contributed by atoms with Crippen molar-refractivity contribution < 1.29 is 23.4 Å². The molecule has 0 aliphatic carbocycles. The molecule has 1 fully saturated rings. The third-order valence-corrected chi connectivity index (χ3v) is 6.83. The summed E-state index contributed by atoms with van der Waals surface area (Å²) in [7, 11) is 3.13. The van der Waals surface area contributed by atoms with Gasteiger partial charge in [-0.15, -0.1) is 0 Å². The minimum atomic E-state index is -0.631. The van der Waals surface area contributed by atoms with E-state index in [1.165, 1.54) is 0 Å². The maximum absolute atomic E-state index is 13.8. The predicted molar refractivity (Wildman–Crippen MR) is 132 cm³/mol. The van der Waals surface area contributed by atoms with E-state index in [0.29, 0.717) is 40.1 Å². The molecule has 0 saturated carbocycles. The van der Waals surface area contributed by atoms with Gasteiger partial charge in [0.2, 0.25) is 5.76 Å². The first-order valence-corrected chi connectivity index (χ1v) is 11.9. The van der Waals surface area contributed by atoms with Gasteiger partial charge in [-0.2, -0.15) is 0 Å². The lowest BCUT2D eigenvalue weighted by atomic mass is 9.97. The molecule has 2 aromatic carbocycles. The average Bonchev–Trinajstić information content (AvgIpc) is 3.16. The summed E-state index contributed by atoms with van der Waals surface area (Å²) in [6, 6.07) is 10.3. The van der Waals surface area contributed by atoms with Gasteiger partial charge < -0.3 is 23.5 Å². The summed E-state index contributed by atoms with van der Waals surface area (Å²) in [5.74, 6) is 0.867. The van der Waals surface area contributed by atoms with Crippen LogP contribution in [0.25, 0.3) is 11.0 Å². The number of methoxy groups -OCH3 is 2. The molecule has 0 spiro atoms. The van der Waals surface area contributed by atoms with Gasteiger partial charge in [0.1, 0.15) is 5.58 Å². The van der Waals surface area contributed by atoms with E-state index in [9.17, 15) is 9.59 Å². The first-order valence-electron chi connectivity index (χ1n) is 11.9. The quantitative estimate of drug-likeness (QED) is 0.515. The van der Waals surface area contributed by atoms with E-state index in [1.807, 2.05) is 31.2 Å². The molecule has 0 N–H and O–H groups in total. The molecule has 2 aliphatic heterocycles. The molecule has 2 aliphatic rings. The molecule has 0 bridgehead atoms. The number of ether oxygens (including phenoxy) is 3. The Morgan fingerprint density at radius 1 is 1.03 bits per heavy atom. The Balaban J connectivity index is 1.60. The Bertz CT molecular complexity index is 1310. The molecule has 1 saturated heterocycles. The van der Waals surface area contributed by atoms with Crippen molar-refractivity contribution in [1.82, 2.24) is 9.80 Å². The monoisotopic (exact) mass is 478 g/mol. The van der Waals surface area contributed by atoms with Crippen LogP contribution in [-0.4, -0.2) is 69.3 Å². The second-order valence-corrected chi connectivity index (χ2v) is 8.96. The van der Waals surface area contributed by atoms with Crippen molar-refractivity contribution in [1.29, 1.82) is 0 Å². The highest BCUT2D eigenvalue weighted by Crippen LogP contribution is 2.44. The van der Waals surface area contributed by atoms with E-state index in [4.69, 9.17) is 18.6 Å². The minimum absolute atomic E-state index is 0.104. The van der Waals surface area contributed by atoms with Crippen LogP contribution in [0.1, 0.15) is 39.7 Å². The summed E-state index contributed by atoms with van der Waals surface area (Å²) >= 11 is 0. The zero-order valence-corrected chi connectivity index (χ0v) is 20.3. The fourth-order valence-corrected chi connectivity index (χ4v) is 5.10. The SMILES string of the molecule is COc1cccc([C@@H]2c3c(oc4ccc(C)cc4c3=O)C(=O)N2CCCN2CCOCC2)c1OC. The molecule has 1 aromatic heterocycles. The molecule has 35 heavy (non-hydrogen) atoms. The van der Waals surface area contributed by atoms with Crippen LogP contribution in [-0.2, 0) is 4.74 Å². The average molecular weight is 479 g/mol. The predicted octanol–water partition coefficient (Wildman–Crippen LogP) is 3.39. The molecule has 0 radical (unpaired) electrons. The largest absolute Gasteiger partial charge is 0.493 e. The molecule has 1 amide bonds. The number of rotatable bonds is 7. The second-order valence-electron chi connectivity index (χ2n) is 8.96. The third kappa shape index (κ3) is 4.17. The maximum atomic E-state index is 13.8. The van der Waals surface area contributed by atoms with Gasteiger partial charge in [-0.3, -0.25) is 14.5 Å². The van der Waals surface area contributed by atoms with Gasteiger partial charge in [-0.05, 0) is 31.5 Å². The van der Waals surface area contributed by atoms with Gasteiger partial charge in [0.05, 0.1) is 44.4 Å². The normalized spacial score (nSPS) is 18.2. The zero-order chi connectivity index (χ0) is 24.5. The first-order chi connectivity index (χ1) is 17.0. The van der Waals surface area contributed by atoms with Crippen molar-refractivity contribution in [2.75, 3.05) is 53.6 Å². The summed E-state index contributed by atoms with van der Waals surface area (Å²) in [5.41, 5.74) is 2.23. The summed E-state index contributed by atoms with van der Waals surface area (Å²) in [6.07, 6.45) is 0.759. The summed E-state index contributed by atoms with van der Waals surface area (Å²) in [5, 5.41) is 0.471. The van der Waals surface area contributed by atoms with Crippen molar-refractivity contribution in [2.45, 2.75) is 19.4 Å². The minimum Gasteiger partial charge on any atom is -0.493 e. The standard InChI is InChI=1S/C27H30N2O6/c1-17-8-9-20-19(16-17)24(30)22-23(18-6-4-7-21(32-2)25(18)33-3)29(27(31)26(22)35-20)11-5-10-28-12-14-34-15-13-28/h4,6-9,16,23H,5,10-15H2,1-3H3/t23-/m1/s1. The maximum Gasteiger partial charge on any atom is 0.290 e. The van der Waals surface area contributed by atoms with Crippen LogP contribution in [0.5, 0.6) is 11.5 Å². The third-order valence-electron chi connectivity index (χ3n) is 6.83. The Hall–Kier alpha value is -3.36. The molecule has 8 heteroatoms. The van der Waals surface area contributed by atoms with Crippen molar-refractivity contribution in [3.63, 3.8) is 0 Å². The highest BCUT2D eigenvalue weighted by molar-refractivity contribution is 5.99. The number of nitrogens with zero attached hydrogens (tertiary/aromatic N) is 2. The zero-order valence-electron chi connectivity index (χ0n) is 20.3. The number of morpholine rings is 1. The molecule has 3 heterocycles. The Kier molecular flexibility index (Phi) is 6.49. The molecule has 3 aromatic rings. The van der Waals surface area contributed by atoms with E-state index in [1.54, 1.807) is 31.3 Å². The molecule has 5 rings (SSSR count). The molecular weight excluding hydrogens is 448 g/mol. The van der Waals surface area contributed by atoms with E-state index in [-0.39, 0.29) is 17.1 Å². The highest BCUT2D eigenvalue weighted by atomic mass is 16.5. The molecule has 8 nitrogen and oxygen atoms in total. The number of carbonyl (C=O) groups excluding carboxylic acids is 1. The molecule has 184 valence electrons.